The second-order valence-electron chi connectivity index (χ2n) is 3.13. The summed E-state index contributed by atoms with van der Waals surface area (Å²) in [7, 11) is 0. The molecule has 1 aromatic carbocycles. The molecular formula is C9H5F4N3O3S. The van der Waals surface area contributed by atoms with Gasteiger partial charge >= 0.3 is 23.4 Å². The normalized spacial score (nSPS) is 13.5. The Hall–Kier alpha value is -2.19. The summed E-state index contributed by atoms with van der Waals surface area (Å²) in [6, 6.07) is 4.25. The number of hydrogen-bond donors (Lipinski definition) is 2. The number of nitrogens with one attached hydrogen (secondary N) is 1. The van der Waals surface area contributed by atoms with Gasteiger partial charge in [0.2, 0.25) is 0 Å². The number of anilines is 1. The van der Waals surface area contributed by atoms with Gasteiger partial charge in [0.1, 0.15) is 11.9 Å². The van der Waals surface area contributed by atoms with Crippen LogP contribution in [0.2, 0.25) is 0 Å². The lowest BCUT2D eigenvalue weighted by atomic mass is 10.2. The van der Waals surface area contributed by atoms with Crippen LogP contribution in [0, 0.1) is 17.1 Å². The molecule has 0 saturated heterocycles. The highest BCUT2D eigenvalue weighted by Crippen LogP contribution is 2.20. The molecule has 0 spiro atoms. The molecule has 0 aliphatic heterocycles. The first-order chi connectivity index (χ1) is 9.24. The monoisotopic (exact) mass is 311 g/mol. The highest BCUT2D eigenvalue weighted by atomic mass is 32.2. The minimum Gasteiger partial charge on any atom is -0.352 e. The first-order valence-corrected chi connectivity index (χ1v) is 5.67. The van der Waals surface area contributed by atoms with E-state index in [0.29, 0.717) is 0 Å². The van der Waals surface area contributed by atoms with E-state index < -0.39 is 34.8 Å². The Balaban J connectivity index is 2.98. The molecule has 1 rings (SSSR count). The zero-order chi connectivity index (χ0) is 15.3. The average Bonchev–Trinajstić information content (AvgIpc) is 2.34. The smallest absolute Gasteiger partial charge is 0.352 e. The molecule has 1 unspecified atom stereocenters. The van der Waals surface area contributed by atoms with E-state index in [1.54, 1.807) is 0 Å². The van der Waals surface area contributed by atoms with Crippen LogP contribution in [0.25, 0.3) is 0 Å². The van der Waals surface area contributed by atoms with Crippen molar-refractivity contribution in [3.05, 3.63) is 29.6 Å². The fourth-order valence-corrected chi connectivity index (χ4v) is 1.26. The van der Waals surface area contributed by atoms with E-state index in [0.717, 1.165) is 18.2 Å². The van der Waals surface area contributed by atoms with Crippen LogP contribution < -0.4 is 5.43 Å². The maximum atomic E-state index is 13.0. The molecular weight excluding hydrogens is 306 g/mol. The van der Waals surface area contributed by atoms with Crippen molar-refractivity contribution in [1.29, 1.82) is 5.26 Å². The van der Waals surface area contributed by atoms with Crippen molar-refractivity contribution >= 4 is 22.9 Å². The van der Waals surface area contributed by atoms with Crippen LogP contribution in [0.15, 0.2) is 23.3 Å². The summed E-state index contributed by atoms with van der Waals surface area (Å²) in [6.07, 6.45) is -5.11. The van der Waals surface area contributed by atoms with Gasteiger partial charge in [0.25, 0.3) is 0 Å². The molecule has 2 N–H and O–H groups in total. The highest BCUT2D eigenvalue weighted by molar-refractivity contribution is 7.74. The van der Waals surface area contributed by atoms with Crippen molar-refractivity contribution in [2.75, 3.05) is 5.43 Å². The number of halogens is 4. The minimum atomic E-state index is -5.11. The van der Waals surface area contributed by atoms with Gasteiger partial charge in [0.15, 0.2) is 0 Å². The molecule has 20 heavy (non-hydrogen) atoms. The largest absolute Gasteiger partial charge is 0.471 e. The molecule has 0 aliphatic carbocycles. The molecule has 0 saturated carbocycles. The molecule has 0 bridgehead atoms. The van der Waals surface area contributed by atoms with Gasteiger partial charge in [-0.2, -0.15) is 22.6 Å². The lowest BCUT2D eigenvalue weighted by molar-refractivity contribution is -0.0708. The summed E-state index contributed by atoms with van der Waals surface area (Å²) in [5, 5.41) is 11.3. The quantitative estimate of drug-likeness (QED) is 0.293. The Labute approximate surface area is 112 Å². The van der Waals surface area contributed by atoms with E-state index in [1.807, 2.05) is 5.43 Å². The maximum absolute atomic E-state index is 13.0. The van der Waals surface area contributed by atoms with Crippen LogP contribution in [0.1, 0.15) is 5.56 Å². The minimum absolute atomic E-state index is 0.142. The van der Waals surface area contributed by atoms with E-state index in [-0.39, 0.29) is 5.69 Å². The Morgan fingerprint density at radius 1 is 1.50 bits per heavy atom. The first kappa shape index (κ1) is 15.9. The van der Waals surface area contributed by atoms with Crippen molar-refractivity contribution in [1.82, 2.24) is 0 Å². The molecule has 6 nitrogen and oxygen atoms in total. The molecule has 0 fully saturated rings. The third-order valence-electron chi connectivity index (χ3n) is 1.77. The first-order valence-electron chi connectivity index (χ1n) is 4.63. The van der Waals surface area contributed by atoms with Crippen molar-refractivity contribution in [3.63, 3.8) is 0 Å². The zero-order valence-electron chi connectivity index (χ0n) is 9.31. The molecule has 0 amide bonds. The molecule has 108 valence electrons. The highest BCUT2D eigenvalue weighted by Gasteiger charge is 2.40. The van der Waals surface area contributed by atoms with Gasteiger partial charge in [-0.1, -0.05) is 0 Å². The van der Waals surface area contributed by atoms with Gasteiger partial charge in [-0.25, -0.2) is 4.39 Å². The van der Waals surface area contributed by atoms with Crippen molar-refractivity contribution in [2.45, 2.75) is 6.18 Å². The molecule has 0 aromatic heterocycles. The second-order valence-corrected chi connectivity index (χ2v) is 3.73. The van der Waals surface area contributed by atoms with Crippen LogP contribution in [-0.2, 0) is 15.5 Å². The van der Waals surface area contributed by atoms with Gasteiger partial charge in [-0.3, -0.25) is 9.98 Å². The lowest BCUT2D eigenvalue weighted by Gasteiger charge is -2.09. The lowest BCUT2D eigenvalue weighted by Crippen LogP contribution is -2.27. The zero-order valence-corrected chi connectivity index (χ0v) is 10.1. The molecule has 1 aromatic rings. The molecule has 0 heterocycles. The summed E-state index contributed by atoms with van der Waals surface area (Å²) in [5.41, 5.74) is 1.28. The number of hydrazone groups is 1. The predicted molar refractivity (Wildman–Crippen MR) is 60.1 cm³/mol. The van der Waals surface area contributed by atoms with Gasteiger partial charge in [-0.05, 0) is 18.2 Å². The summed E-state index contributed by atoms with van der Waals surface area (Å²) < 4.78 is 72.0. The number of hydrogen-bond acceptors (Lipinski definition) is 5. The fraction of sp³-hybridized carbons (Fsp3) is 0.111. The average molecular weight is 311 g/mol. The van der Waals surface area contributed by atoms with Crippen LogP contribution in [-0.4, -0.2) is 20.8 Å². The van der Waals surface area contributed by atoms with E-state index in [9.17, 15) is 21.8 Å². The number of alkyl halides is 3. The summed E-state index contributed by atoms with van der Waals surface area (Å²) in [5.74, 6) is -2.85. The standard InChI is InChI=1S/C9H5F4N3O3S/c10-7-2-1-6(3-5(7)4-14)15-16-8(9(11,12)13)19-20(17)18/h1-3,15H,(H,17,18)/b16-8-. The van der Waals surface area contributed by atoms with E-state index in [4.69, 9.17) is 9.81 Å². The van der Waals surface area contributed by atoms with Crippen LogP contribution in [0.4, 0.5) is 23.2 Å². The van der Waals surface area contributed by atoms with E-state index in [1.165, 1.54) is 6.07 Å². The van der Waals surface area contributed by atoms with Gasteiger partial charge in [0, 0.05) is 0 Å². The van der Waals surface area contributed by atoms with Gasteiger partial charge in [0.05, 0.1) is 11.3 Å². The number of rotatable bonds is 3. The Morgan fingerprint density at radius 3 is 2.65 bits per heavy atom. The Morgan fingerprint density at radius 2 is 2.15 bits per heavy atom. The molecule has 11 heteroatoms. The topological polar surface area (TPSA) is 94.7 Å². The van der Waals surface area contributed by atoms with Crippen LogP contribution >= 0.6 is 0 Å². The summed E-state index contributed by atoms with van der Waals surface area (Å²) >= 11 is -3.21. The third-order valence-corrected chi connectivity index (χ3v) is 2.07. The maximum Gasteiger partial charge on any atom is 0.471 e. The number of benzene rings is 1. The molecule has 0 radical (unpaired) electrons. The van der Waals surface area contributed by atoms with E-state index in [2.05, 4.69) is 9.28 Å². The number of nitrogens with zero attached hydrogens (tertiary/aromatic N) is 2. The third kappa shape index (κ3) is 4.48. The van der Waals surface area contributed by atoms with Crippen LogP contribution in [0.3, 0.4) is 0 Å². The molecule has 1 atom stereocenters. The van der Waals surface area contributed by atoms with Gasteiger partial charge in [-0.15, -0.1) is 5.10 Å². The summed E-state index contributed by atoms with van der Waals surface area (Å²) in [4.78, 5) is 0. The van der Waals surface area contributed by atoms with E-state index >= 15 is 0 Å². The fourth-order valence-electron chi connectivity index (χ4n) is 0.993. The second kappa shape index (κ2) is 6.31. The van der Waals surface area contributed by atoms with Crippen molar-refractivity contribution < 1.29 is 30.5 Å². The van der Waals surface area contributed by atoms with Crippen molar-refractivity contribution in [2.24, 2.45) is 5.10 Å². The molecule has 0 aliphatic rings. The van der Waals surface area contributed by atoms with Crippen LogP contribution in [0.5, 0.6) is 0 Å². The Bertz CT molecular complexity index is 597. The number of nitriles is 1. The van der Waals surface area contributed by atoms with Gasteiger partial charge < -0.3 is 4.18 Å². The SMILES string of the molecule is N#Cc1cc(N/N=C(\OS(=O)O)C(F)(F)F)ccc1F. The van der Waals surface area contributed by atoms with Crippen molar-refractivity contribution in [3.8, 4) is 6.07 Å². The Kier molecular flexibility index (Phi) is 5.00. The summed E-state index contributed by atoms with van der Waals surface area (Å²) in [6.45, 7) is 0. The predicted octanol–water partition coefficient (Wildman–Crippen LogP) is 2.14.